The molecular formula is C15H27NO4S. The predicted molar refractivity (Wildman–Crippen MR) is 80.9 cm³/mol. The lowest BCUT2D eigenvalue weighted by Gasteiger charge is -2.42. The Morgan fingerprint density at radius 2 is 1.71 bits per heavy atom. The Balaban J connectivity index is 1.81. The molecule has 0 radical (unpaired) electrons. The number of sulfone groups is 1. The molecule has 122 valence electrons. The van der Waals surface area contributed by atoms with Crippen LogP contribution >= 0.6 is 0 Å². The van der Waals surface area contributed by atoms with Gasteiger partial charge in [0.15, 0.2) is 15.6 Å². The van der Waals surface area contributed by atoms with E-state index >= 15 is 0 Å². The lowest BCUT2D eigenvalue weighted by molar-refractivity contribution is -0.178. The first-order chi connectivity index (χ1) is 10.1. The van der Waals surface area contributed by atoms with Gasteiger partial charge in [0.1, 0.15) is 0 Å². The van der Waals surface area contributed by atoms with Crippen LogP contribution in [0.3, 0.4) is 0 Å². The van der Waals surface area contributed by atoms with E-state index < -0.39 is 15.6 Å². The van der Waals surface area contributed by atoms with Crippen molar-refractivity contribution in [1.82, 2.24) is 5.32 Å². The van der Waals surface area contributed by atoms with Crippen molar-refractivity contribution in [1.29, 1.82) is 0 Å². The van der Waals surface area contributed by atoms with Crippen LogP contribution in [0.1, 0.15) is 51.4 Å². The SMILES string of the molecule is CNC1CCC2(CC1S(=O)(=O)C1CCCCC1)OCCO2. The summed E-state index contributed by atoms with van der Waals surface area (Å²) in [5, 5.41) is 2.67. The van der Waals surface area contributed by atoms with E-state index in [9.17, 15) is 8.42 Å². The predicted octanol–water partition coefficient (Wildman–Crippen LogP) is 1.62. The standard InChI is InChI=1S/C15H27NO4S/c1-16-13-7-8-15(19-9-10-20-15)11-14(13)21(17,18)12-5-3-2-4-6-12/h12-14,16H,2-11H2,1H3. The van der Waals surface area contributed by atoms with Gasteiger partial charge >= 0.3 is 0 Å². The van der Waals surface area contributed by atoms with Crippen molar-refractivity contribution in [2.75, 3.05) is 20.3 Å². The molecule has 2 aliphatic carbocycles. The number of ether oxygens (including phenoxy) is 2. The van der Waals surface area contributed by atoms with Crippen LogP contribution in [0.5, 0.6) is 0 Å². The lowest BCUT2D eigenvalue weighted by atomic mass is 9.89. The van der Waals surface area contributed by atoms with Crippen LogP contribution in [0.15, 0.2) is 0 Å². The van der Waals surface area contributed by atoms with Gasteiger partial charge in [0, 0.05) is 18.9 Å². The molecule has 0 aromatic carbocycles. The van der Waals surface area contributed by atoms with Crippen LogP contribution in [0.4, 0.5) is 0 Å². The van der Waals surface area contributed by atoms with Crippen molar-refractivity contribution in [2.24, 2.45) is 0 Å². The van der Waals surface area contributed by atoms with Gasteiger partial charge in [-0.1, -0.05) is 19.3 Å². The van der Waals surface area contributed by atoms with Gasteiger partial charge in [-0.2, -0.15) is 0 Å². The molecule has 21 heavy (non-hydrogen) atoms. The summed E-state index contributed by atoms with van der Waals surface area (Å²) in [5.74, 6) is -0.639. The third-order valence-corrected chi connectivity index (χ3v) is 8.16. The normalized spacial score (nSPS) is 34.3. The summed E-state index contributed by atoms with van der Waals surface area (Å²) in [6.45, 7) is 1.17. The molecule has 1 heterocycles. The van der Waals surface area contributed by atoms with Crippen LogP contribution in [-0.2, 0) is 19.3 Å². The largest absolute Gasteiger partial charge is 0.347 e. The van der Waals surface area contributed by atoms with Crippen molar-refractivity contribution in [3.63, 3.8) is 0 Å². The second-order valence-electron chi connectivity index (χ2n) is 6.63. The average molecular weight is 317 g/mol. The summed E-state index contributed by atoms with van der Waals surface area (Å²) >= 11 is 0. The number of hydrogen-bond acceptors (Lipinski definition) is 5. The first kappa shape index (κ1) is 15.7. The first-order valence-electron chi connectivity index (χ1n) is 8.25. The molecule has 0 bridgehead atoms. The Hall–Kier alpha value is -0.170. The average Bonchev–Trinajstić information content (AvgIpc) is 2.96. The van der Waals surface area contributed by atoms with Crippen LogP contribution in [-0.4, -0.2) is 51.0 Å². The highest BCUT2D eigenvalue weighted by molar-refractivity contribution is 7.92. The smallest absolute Gasteiger partial charge is 0.169 e. The summed E-state index contributed by atoms with van der Waals surface area (Å²) < 4.78 is 37.7. The number of rotatable bonds is 3. The van der Waals surface area contributed by atoms with E-state index in [-0.39, 0.29) is 16.5 Å². The molecule has 1 N–H and O–H groups in total. The molecular weight excluding hydrogens is 290 g/mol. The minimum Gasteiger partial charge on any atom is -0.347 e. The quantitative estimate of drug-likeness (QED) is 0.857. The van der Waals surface area contributed by atoms with Gasteiger partial charge in [-0.3, -0.25) is 0 Å². The van der Waals surface area contributed by atoms with Crippen LogP contribution in [0, 0.1) is 0 Å². The Morgan fingerprint density at radius 3 is 2.33 bits per heavy atom. The van der Waals surface area contributed by atoms with Crippen molar-refractivity contribution >= 4 is 9.84 Å². The Labute approximate surface area is 127 Å². The summed E-state index contributed by atoms with van der Waals surface area (Å²) in [6.07, 6.45) is 6.97. The van der Waals surface area contributed by atoms with Crippen LogP contribution in [0.25, 0.3) is 0 Å². The summed E-state index contributed by atoms with van der Waals surface area (Å²) in [6, 6.07) is 0.0235. The Kier molecular flexibility index (Phi) is 4.60. The molecule has 0 aromatic rings. The van der Waals surface area contributed by atoms with E-state index in [0.29, 0.717) is 19.6 Å². The first-order valence-corrected chi connectivity index (χ1v) is 9.86. The molecule has 1 aliphatic heterocycles. The lowest BCUT2D eigenvalue weighted by Crippen LogP contribution is -2.55. The second-order valence-corrected chi connectivity index (χ2v) is 9.08. The zero-order valence-electron chi connectivity index (χ0n) is 12.8. The fraction of sp³-hybridized carbons (Fsp3) is 1.00. The molecule has 0 aromatic heterocycles. The van der Waals surface area contributed by atoms with Crippen molar-refractivity contribution < 1.29 is 17.9 Å². The van der Waals surface area contributed by atoms with Crippen molar-refractivity contribution in [3.05, 3.63) is 0 Å². The molecule has 6 heteroatoms. The minimum atomic E-state index is -3.13. The van der Waals surface area contributed by atoms with Crippen molar-refractivity contribution in [2.45, 2.75) is 73.7 Å². The molecule has 2 unspecified atom stereocenters. The third-order valence-electron chi connectivity index (χ3n) is 5.42. The molecule has 3 fully saturated rings. The van der Waals surface area contributed by atoms with E-state index in [1.54, 1.807) is 0 Å². The molecule has 5 nitrogen and oxygen atoms in total. The van der Waals surface area contributed by atoms with E-state index in [1.165, 1.54) is 6.42 Å². The van der Waals surface area contributed by atoms with Gasteiger partial charge in [0.05, 0.1) is 23.7 Å². The van der Waals surface area contributed by atoms with Gasteiger partial charge in [-0.05, 0) is 26.3 Å². The fourth-order valence-electron chi connectivity index (χ4n) is 4.19. The Bertz CT molecular complexity index is 452. The van der Waals surface area contributed by atoms with Gasteiger partial charge < -0.3 is 14.8 Å². The zero-order chi connectivity index (χ0) is 14.9. The highest BCUT2D eigenvalue weighted by atomic mass is 32.2. The topological polar surface area (TPSA) is 64.6 Å². The van der Waals surface area contributed by atoms with E-state index in [0.717, 1.165) is 38.5 Å². The van der Waals surface area contributed by atoms with Gasteiger partial charge in [-0.15, -0.1) is 0 Å². The van der Waals surface area contributed by atoms with E-state index in [2.05, 4.69) is 5.32 Å². The monoisotopic (exact) mass is 317 g/mol. The minimum absolute atomic E-state index is 0.0235. The fourth-order valence-corrected chi connectivity index (χ4v) is 6.89. The van der Waals surface area contributed by atoms with Gasteiger partial charge in [0.2, 0.25) is 0 Å². The maximum atomic E-state index is 13.1. The zero-order valence-corrected chi connectivity index (χ0v) is 13.7. The summed E-state index contributed by atoms with van der Waals surface area (Å²) in [5.41, 5.74) is 0. The Morgan fingerprint density at radius 1 is 1.05 bits per heavy atom. The molecule has 1 saturated heterocycles. The van der Waals surface area contributed by atoms with Gasteiger partial charge in [-0.25, -0.2) is 8.42 Å². The summed E-state index contributed by atoms with van der Waals surface area (Å²) in [4.78, 5) is 0. The van der Waals surface area contributed by atoms with E-state index in [1.807, 2.05) is 7.05 Å². The molecule has 2 saturated carbocycles. The number of hydrogen-bond donors (Lipinski definition) is 1. The van der Waals surface area contributed by atoms with Crippen molar-refractivity contribution in [3.8, 4) is 0 Å². The maximum Gasteiger partial charge on any atom is 0.169 e. The molecule has 1 spiro atoms. The highest BCUT2D eigenvalue weighted by Gasteiger charge is 2.50. The van der Waals surface area contributed by atoms with E-state index in [4.69, 9.17) is 9.47 Å². The molecule has 3 rings (SSSR count). The third kappa shape index (κ3) is 3.00. The summed E-state index contributed by atoms with van der Waals surface area (Å²) in [7, 11) is -1.27. The molecule has 2 atom stereocenters. The van der Waals surface area contributed by atoms with Crippen LogP contribution in [0.2, 0.25) is 0 Å². The second kappa shape index (κ2) is 6.14. The van der Waals surface area contributed by atoms with Gasteiger partial charge in [0.25, 0.3) is 0 Å². The molecule has 0 amide bonds. The van der Waals surface area contributed by atoms with Crippen LogP contribution < -0.4 is 5.32 Å². The highest BCUT2D eigenvalue weighted by Crippen LogP contribution is 2.40. The molecule has 3 aliphatic rings. The number of nitrogens with one attached hydrogen (secondary N) is 1. The maximum absolute atomic E-state index is 13.1.